The third-order valence-corrected chi connectivity index (χ3v) is 4.37. The average molecular weight is 252 g/mol. The van der Waals surface area contributed by atoms with Crippen molar-refractivity contribution in [3.05, 3.63) is 35.4 Å². The molecular weight excluding hydrogens is 230 g/mol. The van der Waals surface area contributed by atoms with Crippen molar-refractivity contribution in [2.75, 3.05) is 0 Å². The summed E-state index contributed by atoms with van der Waals surface area (Å²) in [6, 6.07) is 4.51. The molecule has 0 saturated heterocycles. The molecule has 0 unspecified atom stereocenters. The molecule has 0 aliphatic heterocycles. The monoisotopic (exact) mass is 252 g/mol. The highest BCUT2D eigenvalue weighted by Crippen LogP contribution is 2.35. The van der Waals surface area contributed by atoms with Gasteiger partial charge in [-0.05, 0) is 61.5 Å². The van der Waals surface area contributed by atoms with Crippen molar-refractivity contribution in [2.24, 2.45) is 17.8 Å². The van der Waals surface area contributed by atoms with E-state index >= 15 is 0 Å². The van der Waals surface area contributed by atoms with Crippen LogP contribution in [-0.2, 0) is 6.42 Å². The molecule has 2 rings (SSSR count). The third kappa shape index (κ3) is 3.09. The SMILES string of the molecule is CC(C)C1CCC(Cc2cccc(F)c2F)CC1. The van der Waals surface area contributed by atoms with Crippen molar-refractivity contribution >= 4 is 0 Å². The summed E-state index contributed by atoms with van der Waals surface area (Å²) >= 11 is 0. The lowest BCUT2D eigenvalue weighted by atomic mass is 9.75. The highest BCUT2D eigenvalue weighted by molar-refractivity contribution is 5.19. The van der Waals surface area contributed by atoms with Crippen LogP contribution in [0.1, 0.15) is 45.1 Å². The fourth-order valence-electron chi connectivity index (χ4n) is 3.08. The number of hydrogen-bond donors (Lipinski definition) is 0. The van der Waals surface area contributed by atoms with Crippen LogP contribution in [0.5, 0.6) is 0 Å². The zero-order chi connectivity index (χ0) is 13.1. The highest BCUT2D eigenvalue weighted by Gasteiger charge is 2.24. The molecule has 1 aliphatic carbocycles. The fraction of sp³-hybridized carbons (Fsp3) is 0.625. The lowest BCUT2D eigenvalue weighted by Crippen LogP contribution is -2.20. The van der Waals surface area contributed by atoms with E-state index in [-0.39, 0.29) is 0 Å². The van der Waals surface area contributed by atoms with Gasteiger partial charge in [-0.1, -0.05) is 26.0 Å². The Balaban J connectivity index is 1.94. The van der Waals surface area contributed by atoms with Crippen LogP contribution in [0.25, 0.3) is 0 Å². The summed E-state index contributed by atoms with van der Waals surface area (Å²) in [5.74, 6) is 0.721. The van der Waals surface area contributed by atoms with Gasteiger partial charge >= 0.3 is 0 Å². The van der Waals surface area contributed by atoms with E-state index in [1.165, 1.54) is 18.9 Å². The fourth-order valence-corrected chi connectivity index (χ4v) is 3.08. The number of benzene rings is 1. The minimum Gasteiger partial charge on any atom is -0.204 e. The minimum atomic E-state index is -0.719. The summed E-state index contributed by atoms with van der Waals surface area (Å²) in [5, 5.41) is 0. The Kier molecular flexibility index (Phi) is 4.36. The van der Waals surface area contributed by atoms with E-state index in [4.69, 9.17) is 0 Å². The van der Waals surface area contributed by atoms with Crippen LogP contribution >= 0.6 is 0 Å². The molecule has 0 amide bonds. The predicted octanol–water partition coefficient (Wildman–Crippen LogP) is 4.97. The molecule has 1 aliphatic rings. The summed E-state index contributed by atoms with van der Waals surface area (Å²) in [7, 11) is 0. The van der Waals surface area contributed by atoms with Crippen LogP contribution in [0.2, 0.25) is 0 Å². The van der Waals surface area contributed by atoms with Crippen molar-refractivity contribution in [1.29, 1.82) is 0 Å². The summed E-state index contributed by atoms with van der Waals surface area (Å²) in [4.78, 5) is 0. The quantitative estimate of drug-likeness (QED) is 0.712. The topological polar surface area (TPSA) is 0 Å². The molecule has 1 saturated carbocycles. The van der Waals surface area contributed by atoms with Gasteiger partial charge in [0.2, 0.25) is 0 Å². The normalized spacial score (nSPS) is 24.5. The molecule has 0 bridgehead atoms. The molecule has 1 aromatic rings. The van der Waals surface area contributed by atoms with Crippen LogP contribution in [0.3, 0.4) is 0 Å². The lowest BCUT2D eigenvalue weighted by molar-refractivity contribution is 0.222. The van der Waals surface area contributed by atoms with Crippen LogP contribution in [-0.4, -0.2) is 0 Å². The summed E-state index contributed by atoms with van der Waals surface area (Å²) < 4.78 is 26.7. The third-order valence-electron chi connectivity index (χ3n) is 4.37. The maximum Gasteiger partial charge on any atom is 0.162 e. The van der Waals surface area contributed by atoms with E-state index in [0.29, 0.717) is 17.9 Å². The van der Waals surface area contributed by atoms with Crippen molar-refractivity contribution in [3.8, 4) is 0 Å². The molecule has 0 heterocycles. The van der Waals surface area contributed by atoms with Gasteiger partial charge < -0.3 is 0 Å². The first-order chi connectivity index (χ1) is 8.58. The van der Waals surface area contributed by atoms with Crippen molar-refractivity contribution < 1.29 is 8.78 Å². The zero-order valence-electron chi connectivity index (χ0n) is 11.3. The Morgan fingerprint density at radius 1 is 1.11 bits per heavy atom. The van der Waals surface area contributed by atoms with Crippen LogP contribution < -0.4 is 0 Å². The van der Waals surface area contributed by atoms with Gasteiger partial charge in [-0.2, -0.15) is 0 Å². The first-order valence-electron chi connectivity index (χ1n) is 7.00. The summed E-state index contributed by atoms with van der Waals surface area (Å²) in [5.41, 5.74) is 0.544. The van der Waals surface area contributed by atoms with Gasteiger partial charge in [0.15, 0.2) is 11.6 Å². The predicted molar refractivity (Wildman–Crippen MR) is 70.3 cm³/mol. The Hall–Kier alpha value is -0.920. The maximum absolute atomic E-state index is 13.6. The molecule has 1 fully saturated rings. The molecule has 0 radical (unpaired) electrons. The van der Waals surface area contributed by atoms with Gasteiger partial charge in [0.25, 0.3) is 0 Å². The van der Waals surface area contributed by atoms with Gasteiger partial charge in [-0.25, -0.2) is 8.78 Å². The molecule has 1 aromatic carbocycles. The average Bonchev–Trinajstić information content (AvgIpc) is 2.36. The largest absolute Gasteiger partial charge is 0.204 e. The Morgan fingerprint density at radius 2 is 1.78 bits per heavy atom. The second kappa shape index (κ2) is 5.81. The smallest absolute Gasteiger partial charge is 0.162 e. The first-order valence-corrected chi connectivity index (χ1v) is 7.00. The molecule has 0 aromatic heterocycles. The summed E-state index contributed by atoms with van der Waals surface area (Å²) in [6.07, 6.45) is 5.46. The van der Waals surface area contributed by atoms with Crippen LogP contribution in [0, 0.1) is 29.4 Å². The molecule has 18 heavy (non-hydrogen) atoms. The number of rotatable bonds is 3. The van der Waals surface area contributed by atoms with Crippen molar-refractivity contribution in [3.63, 3.8) is 0 Å². The lowest BCUT2D eigenvalue weighted by Gasteiger charge is -2.31. The minimum absolute atomic E-state index is 0.524. The highest BCUT2D eigenvalue weighted by atomic mass is 19.2. The van der Waals surface area contributed by atoms with E-state index < -0.39 is 11.6 Å². The molecule has 100 valence electrons. The van der Waals surface area contributed by atoms with E-state index in [1.54, 1.807) is 12.1 Å². The molecular formula is C16H22F2. The van der Waals surface area contributed by atoms with Gasteiger partial charge in [0.05, 0.1) is 0 Å². The Morgan fingerprint density at radius 3 is 2.39 bits per heavy atom. The van der Waals surface area contributed by atoms with E-state index in [1.807, 2.05) is 0 Å². The van der Waals surface area contributed by atoms with Crippen molar-refractivity contribution in [2.45, 2.75) is 46.0 Å². The van der Waals surface area contributed by atoms with Crippen LogP contribution in [0.15, 0.2) is 18.2 Å². The number of halogens is 2. The molecule has 0 spiro atoms. The second-order valence-corrected chi connectivity index (χ2v) is 5.94. The van der Waals surface area contributed by atoms with Gasteiger partial charge in [-0.3, -0.25) is 0 Å². The Bertz CT molecular complexity index is 390. The van der Waals surface area contributed by atoms with Crippen molar-refractivity contribution in [1.82, 2.24) is 0 Å². The standard InChI is InChI=1S/C16H22F2/c1-11(2)13-8-6-12(7-9-13)10-14-4-3-5-15(17)16(14)18/h3-5,11-13H,6-10H2,1-2H3. The molecule has 0 atom stereocenters. The van der Waals surface area contributed by atoms with Gasteiger partial charge in [-0.15, -0.1) is 0 Å². The van der Waals surface area contributed by atoms with Crippen LogP contribution in [0.4, 0.5) is 8.78 Å². The molecule has 0 nitrogen and oxygen atoms in total. The first kappa shape index (κ1) is 13.5. The maximum atomic E-state index is 13.6. The zero-order valence-corrected chi connectivity index (χ0v) is 11.3. The summed E-state index contributed by atoms with van der Waals surface area (Å²) in [6.45, 7) is 4.55. The van der Waals surface area contributed by atoms with Gasteiger partial charge in [0.1, 0.15) is 0 Å². The van der Waals surface area contributed by atoms with Gasteiger partial charge in [0, 0.05) is 0 Å². The van der Waals surface area contributed by atoms with E-state index in [0.717, 1.165) is 24.7 Å². The molecule has 2 heteroatoms. The van der Waals surface area contributed by atoms with E-state index in [9.17, 15) is 8.78 Å². The van der Waals surface area contributed by atoms with E-state index in [2.05, 4.69) is 13.8 Å². The number of hydrogen-bond acceptors (Lipinski definition) is 0. The Labute approximate surface area is 108 Å². The second-order valence-electron chi connectivity index (χ2n) is 5.94. The molecule has 0 N–H and O–H groups in total.